The minimum atomic E-state index is -2.43. The van der Waals surface area contributed by atoms with Gasteiger partial charge in [0.05, 0.1) is 0 Å². The summed E-state index contributed by atoms with van der Waals surface area (Å²) in [6.45, 7) is 0. The molecule has 0 radical (unpaired) electrons. The van der Waals surface area contributed by atoms with Crippen molar-refractivity contribution < 1.29 is 0 Å². The predicted octanol–water partition coefficient (Wildman–Crippen LogP) is 10.1. The third-order valence-corrected chi connectivity index (χ3v) is 23.5. The zero-order valence-electron chi connectivity index (χ0n) is 31.8. The van der Waals surface area contributed by atoms with Crippen molar-refractivity contribution in [3.8, 4) is 11.1 Å². The van der Waals surface area contributed by atoms with Crippen LogP contribution in [0.4, 0.5) is 0 Å². The van der Waals surface area contributed by atoms with E-state index in [1.807, 2.05) is 12.3 Å². The van der Waals surface area contributed by atoms with E-state index < -0.39 is 11.5 Å². The van der Waals surface area contributed by atoms with E-state index in [9.17, 15) is 0 Å². The molecule has 3 heterocycles. The van der Waals surface area contributed by atoms with Crippen molar-refractivity contribution in [3.63, 3.8) is 0 Å². The number of aromatic nitrogens is 3. The van der Waals surface area contributed by atoms with Crippen LogP contribution in [0.15, 0.2) is 212 Å². The van der Waals surface area contributed by atoms with Crippen molar-refractivity contribution in [1.29, 1.82) is 0 Å². The average molecular weight is 875 g/mol. The monoisotopic (exact) mass is 875 g/mol. The molecule has 0 fully saturated rings. The van der Waals surface area contributed by atoms with Gasteiger partial charge in [0.15, 0.2) is 0 Å². The fourth-order valence-corrected chi connectivity index (χ4v) is 17.3. The van der Waals surface area contributed by atoms with Crippen molar-refractivity contribution in [2.75, 3.05) is 0 Å². The third kappa shape index (κ3) is 5.92. The molecule has 0 saturated carbocycles. The van der Waals surface area contributed by atoms with Gasteiger partial charge in [-0.1, -0.05) is 42.5 Å². The molecule has 7 heteroatoms. The Hall–Kier alpha value is -5.76. The molecule has 0 saturated heterocycles. The second-order valence-corrected chi connectivity index (χ2v) is 25.5. The van der Waals surface area contributed by atoms with Gasteiger partial charge in [-0.25, -0.2) is 0 Å². The van der Waals surface area contributed by atoms with Gasteiger partial charge in [-0.05, 0) is 6.07 Å². The van der Waals surface area contributed by atoms with Gasteiger partial charge in [0.2, 0.25) is 0 Å². The van der Waals surface area contributed by atoms with E-state index in [1.54, 1.807) is 0 Å². The summed E-state index contributed by atoms with van der Waals surface area (Å²) >= 11 is 10.7. The summed E-state index contributed by atoms with van der Waals surface area (Å²) < 4.78 is 2.40. The Morgan fingerprint density at radius 3 is 1.66 bits per heavy atom. The number of hydrogen-bond acceptors (Lipinski definition) is 3. The van der Waals surface area contributed by atoms with E-state index in [2.05, 4.69) is 225 Å². The van der Waals surface area contributed by atoms with Crippen LogP contribution in [0.5, 0.6) is 0 Å². The average Bonchev–Trinajstić information content (AvgIpc) is 3.71. The van der Waals surface area contributed by atoms with Crippen LogP contribution >= 0.6 is 11.5 Å². The minimum absolute atomic E-state index is 0.921. The molecule has 59 heavy (non-hydrogen) atoms. The van der Waals surface area contributed by atoms with Crippen molar-refractivity contribution in [2.45, 2.75) is 0 Å². The third-order valence-electron chi connectivity index (χ3n) is 11.6. The van der Waals surface area contributed by atoms with E-state index in [4.69, 9.17) is 16.8 Å². The molecule has 0 unspecified atom stereocenters. The van der Waals surface area contributed by atoms with Crippen molar-refractivity contribution in [3.05, 3.63) is 212 Å². The quantitative estimate of drug-likeness (QED) is 0.0908. The predicted molar refractivity (Wildman–Crippen MR) is 259 cm³/mol. The SMILES string of the molecule is S=P(c1ccccc1)(c1ccccc1)c1ccc2c3ccc(P(=[Se])(c4ccccc4)c4ccccc4)cc3n3c4cc(-c5ccc6cccnc6c5)ccc4nc3c2c1. The summed E-state index contributed by atoms with van der Waals surface area (Å²) in [7, 11) is 0. The molecule has 0 aliphatic rings. The molecule has 8 aromatic carbocycles. The van der Waals surface area contributed by atoms with Gasteiger partial charge < -0.3 is 0 Å². The van der Waals surface area contributed by atoms with Crippen molar-refractivity contribution in [1.82, 2.24) is 14.4 Å². The van der Waals surface area contributed by atoms with Crippen molar-refractivity contribution in [2.24, 2.45) is 0 Å². The number of benzene rings is 8. The van der Waals surface area contributed by atoms with Gasteiger partial charge in [0.1, 0.15) is 0 Å². The zero-order chi connectivity index (χ0) is 39.6. The van der Waals surface area contributed by atoms with Gasteiger partial charge in [-0.2, -0.15) is 0 Å². The molecule has 0 atom stereocenters. The van der Waals surface area contributed by atoms with Gasteiger partial charge in [0.25, 0.3) is 0 Å². The second-order valence-electron chi connectivity index (χ2n) is 14.9. The standard InChI is InChI=1S/C52H35N3P2SSe/c58-56(39-15-5-1-6-16-39,40-17-7-2-8-18-40)43-26-28-45-46-29-27-44(57(59,41-19-9-3-10-20-41)42-21-11-4-12-22-42)35-50(46)55-51-33-38(25-30-48(51)54-52(55)47(45)34-43)37-24-23-36-14-13-31-53-49(36)32-37/h1-35H. The number of fused-ring (bicyclic) bond motifs is 9. The van der Waals surface area contributed by atoms with Crippen molar-refractivity contribution >= 4 is 120 Å². The molecule has 0 aliphatic carbocycles. The fraction of sp³-hybridized carbons (Fsp3) is 0. The zero-order valence-corrected chi connectivity index (χ0v) is 36.1. The van der Waals surface area contributed by atoms with Crippen LogP contribution in [0.3, 0.4) is 0 Å². The first-order valence-electron chi connectivity index (χ1n) is 19.6. The molecule has 0 N–H and O–H groups in total. The van der Waals surface area contributed by atoms with E-state index in [-0.39, 0.29) is 0 Å². The summed E-state index contributed by atoms with van der Waals surface area (Å²) in [6.07, 6.45) is 1.86. The number of nitrogens with zero attached hydrogens (tertiary/aromatic N) is 3. The number of hydrogen-bond donors (Lipinski definition) is 0. The number of rotatable bonds is 7. The summed E-state index contributed by atoms with van der Waals surface area (Å²) in [6, 6.07) is 72.0. The Morgan fingerprint density at radius 2 is 1.00 bits per heavy atom. The molecule has 11 aromatic rings. The number of imidazole rings is 1. The molecule has 3 nitrogen and oxygen atoms in total. The van der Waals surface area contributed by atoms with Gasteiger partial charge in [0, 0.05) is 6.20 Å². The molecule has 280 valence electrons. The van der Waals surface area contributed by atoms with Crippen LogP contribution in [0.1, 0.15) is 0 Å². The van der Waals surface area contributed by atoms with Gasteiger partial charge in [-0.3, -0.25) is 0 Å². The normalized spacial score (nSPS) is 12.2. The van der Waals surface area contributed by atoms with E-state index in [0.717, 1.165) is 60.3 Å². The van der Waals surface area contributed by atoms with Crippen LogP contribution in [0.2, 0.25) is 0 Å². The van der Waals surface area contributed by atoms with Crippen LogP contribution in [-0.2, 0) is 11.8 Å². The topological polar surface area (TPSA) is 30.2 Å². The molecule has 11 rings (SSSR count). The first kappa shape index (κ1) is 36.3. The van der Waals surface area contributed by atoms with Crippen LogP contribution in [0.25, 0.3) is 60.4 Å². The maximum absolute atomic E-state index is 6.88. The summed E-state index contributed by atoms with van der Waals surface area (Å²) in [4.78, 5) is 10.2. The Bertz CT molecular complexity index is 3410. The van der Waals surface area contributed by atoms with E-state index >= 15 is 0 Å². The number of pyridine rings is 2. The van der Waals surface area contributed by atoms with Crippen LogP contribution < -0.4 is 31.8 Å². The molecule has 0 spiro atoms. The maximum atomic E-state index is 6.88. The Labute approximate surface area is 355 Å². The van der Waals surface area contributed by atoms with Gasteiger partial charge in [-0.15, -0.1) is 0 Å². The van der Waals surface area contributed by atoms with Crippen LogP contribution in [0, 0.1) is 0 Å². The molecule has 0 aliphatic heterocycles. The molecular formula is C52H35N3P2SSe. The second kappa shape index (κ2) is 14.5. The summed E-state index contributed by atoms with van der Waals surface area (Å²) in [5.74, 6) is 0. The fourth-order valence-electron chi connectivity index (χ4n) is 8.65. The van der Waals surface area contributed by atoms with E-state index in [0.29, 0.717) is 0 Å². The molecular weight excluding hydrogens is 840 g/mol. The van der Waals surface area contributed by atoms with Gasteiger partial charge >= 0.3 is 303 Å². The summed E-state index contributed by atoms with van der Waals surface area (Å²) in [5.41, 5.74) is 5.09. The van der Waals surface area contributed by atoms with E-state index in [1.165, 1.54) is 31.9 Å². The Kier molecular flexibility index (Phi) is 8.93. The van der Waals surface area contributed by atoms with Crippen LogP contribution in [-0.4, -0.2) is 29.5 Å². The summed E-state index contributed by atoms with van der Waals surface area (Å²) in [5, 5.41) is 11.9. The molecule has 0 bridgehead atoms. The molecule has 0 amide bonds. The molecule has 3 aromatic heterocycles. The Balaban J connectivity index is 1.23. The first-order valence-corrected chi connectivity index (χ1v) is 26.4. The first-order chi connectivity index (χ1) is 29.0. The Morgan fingerprint density at radius 1 is 0.424 bits per heavy atom.